The van der Waals surface area contributed by atoms with Crippen molar-refractivity contribution in [1.29, 1.82) is 0 Å². The van der Waals surface area contributed by atoms with Crippen LogP contribution in [-0.2, 0) is 20.7 Å². The lowest BCUT2D eigenvalue weighted by Crippen LogP contribution is -2.30. The molecule has 0 fully saturated rings. The predicted octanol–water partition coefficient (Wildman–Crippen LogP) is 8.13. The van der Waals surface area contributed by atoms with Crippen molar-refractivity contribution < 1.29 is 9.47 Å². The topological polar surface area (TPSA) is 73.3 Å². The molecule has 0 amide bonds. The van der Waals surface area contributed by atoms with Crippen LogP contribution in [0.1, 0.15) is 47.9 Å². The van der Waals surface area contributed by atoms with Gasteiger partial charge in [0.25, 0.3) is 11.2 Å². The van der Waals surface area contributed by atoms with E-state index in [1.54, 1.807) is 0 Å². The molecule has 0 atom stereocenters. The lowest BCUT2D eigenvalue weighted by atomic mass is 9.87. The molecule has 6 heteroatoms. The van der Waals surface area contributed by atoms with Gasteiger partial charge in [0, 0.05) is 45.5 Å². The van der Waals surface area contributed by atoms with Crippen molar-refractivity contribution in [1.82, 2.24) is 0 Å². The minimum Gasteiger partial charge on any atom is -0.498 e. The number of ether oxygens (including phenoxy) is 2. The molecule has 40 heavy (non-hydrogen) atoms. The zero-order valence-electron chi connectivity index (χ0n) is 22.3. The average Bonchev–Trinajstić information content (AvgIpc) is 3.03. The summed E-state index contributed by atoms with van der Waals surface area (Å²) < 4.78 is 12.7. The molecule has 0 saturated carbocycles. The third-order valence-electron chi connectivity index (χ3n) is 6.80. The first kappa shape index (κ1) is 28.4. The van der Waals surface area contributed by atoms with Crippen LogP contribution in [0.2, 0.25) is 0 Å². The molecule has 0 spiro atoms. The van der Waals surface area contributed by atoms with Crippen molar-refractivity contribution in [3.05, 3.63) is 164 Å². The highest BCUT2D eigenvalue weighted by Crippen LogP contribution is 2.35. The van der Waals surface area contributed by atoms with Crippen molar-refractivity contribution in [2.45, 2.75) is 36.9 Å². The fourth-order valence-electron chi connectivity index (χ4n) is 4.82. The van der Waals surface area contributed by atoms with Gasteiger partial charge in [-0.3, -0.25) is 0 Å². The van der Waals surface area contributed by atoms with Gasteiger partial charge in [0.2, 0.25) is 0 Å². The van der Waals surface area contributed by atoms with Gasteiger partial charge >= 0.3 is 12.1 Å². The second-order valence-corrected chi connectivity index (χ2v) is 9.34. The van der Waals surface area contributed by atoms with Gasteiger partial charge in [-0.05, 0) is 12.8 Å². The molecule has 0 radical (unpaired) electrons. The zero-order chi connectivity index (χ0) is 27.9. The lowest BCUT2D eigenvalue weighted by molar-refractivity contribution is 0.0181. The maximum absolute atomic E-state index is 11.4. The zero-order valence-corrected chi connectivity index (χ0v) is 22.3. The molecule has 0 aliphatic heterocycles. The normalized spacial score (nSPS) is 11.1. The standard InChI is InChI=1S/C34H32N2O4/c37-35-27-33(29-17-7-3-8-18-29,30-19-9-4-10-20-30)39-25-15-1-2-16-26-40-34(28-36-38,31-21-11-5-12-22-31)32-23-13-6-14-24-32/h3-14,17-24H,1-2,15-16,25-26H2. The smallest absolute Gasteiger partial charge is 0.344 e. The molecule has 4 aromatic carbocycles. The molecule has 4 aromatic rings. The van der Waals surface area contributed by atoms with Crippen molar-refractivity contribution >= 4 is 0 Å². The van der Waals surface area contributed by atoms with E-state index in [1.807, 2.05) is 121 Å². The summed E-state index contributed by atoms with van der Waals surface area (Å²) in [6, 6.07) is 43.6. The number of hydrogen-bond donors (Lipinski definition) is 0. The largest absolute Gasteiger partial charge is 0.498 e. The highest BCUT2D eigenvalue weighted by molar-refractivity contribution is 5.45. The average molecular weight is 533 g/mol. The summed E-state index contributed by atoms with van der Waals surface area (Å²) >= 11 is 0. The van der Waals surface area contributed by atoms with Gasteiger partial charge in [-0.15, -0.1) is 0 Å². The molecule has 202 valence electrons. The van der Waals surface area contributed by atoms with Crippen LogP contribution in [0.3, 0.4) is 0 Å². The lowest BCUT2D eigenvalue weighted by Gasteiger charge is -2.26. The van der Waals surface area contributed by atoms with Crippen molar-refractivity contribution in [3.63, 3.8) is 0 Å². The third-order valence-corrected chi connectivity index (χ3v) is 6.80. The number of hydrogen-bond acceptors (Lipinski definition) is 4. The Morgan fingerprint density at radius 2 is 0.725 bits per heavy atom. The molecule has 6 nitrogen and oxygen atoms in total. The predicted molar refractivity (Wildman–Crippen MR) is 159 cm³/mol. The molecular weight excluding hydrogens is 500 g/mol. The highest BCUT2D eigenvalue weighted by Gasteiger charge is 2.41. The number of benzene rings is 4. The van der Waals surface area contributed by atoms with E-state index in [0.29, 0.717) is 13.2 Å². The number of rotatable bonds is 13. The van der Waals surface area contributed by atoms with E-state index in [-0.39, 0.29) is 0 Å². The van der Waals surface area contributed by atoms with Crippen LogP contribution in [0, 0.1) is 22.6 Å². The minimum absolute atomic E-state index is 0.418. The second-order valence-electron chi connectivity index (χ2n) is 9.34. The summed E-state index contributed by atoms with van der Waals surface area (Å²) in [4.78, 5) is 0. The van der Waals surface area contributed by atoms with E-state index in [4.69, 9.17) is 9.47 Å². The van der Waals surface area contributed by atoms with Crippen LogP contribution >= 0.6 is 0 Å². The Labute approximate surface area is 235 Å². The van der Waals surface area contributed by atoms with E-state index >= 15 is 0 Å². The molecule has 0 bridgehead atoms. The minimum atomic E-state index is -1.17. The fourth-order valence-corrected chi connectivity index (χ4v) is 4.82. The second kappa shape index (κ2) is 14.5. The van der Waals surface area contributed by atoms with Crippen LogP contribution < -0.4 is 0 Å². The molecule has 0 N–H and O–H groups in total. The van der Waals surface area contributed by atoms with Crippen LogP contribution in [0.4, 0.5) is 0 Å². The number of nitrogens with zero attached hydrogens (tertiary/aromatic N) is 2. The quantitative estimate of drug-likeness (QED) is 0.129. The summed E-state index contributed by atoms with van der Waals surface area (Å²) in [7, 11) is 0. The first-order valence-electron chi connectivity index (χ1n) is 13.4. The molecule has 0 unspecified atom stereocenters. The number of unbranched alkanes of at least 4 members (excludes halogenated alkanes) is 3. The third kappa shape index (κ3) is 6.68. The van der Waals surface area contributed by atoms with E-state index in [2.05, 4.69) is 22.2 Å². The van der Waals surface area contributed by atoms with Gasteiger partial charge in [-0.1, -0.05) is 134 Å². The molecule has 0 aliphatic rings. The van der Waals surface area contributed by atoms with Crippen molar-refractivity contribution in [3.8, 4) is 12.1 Å². The van der Waals surface area contributed by atoms with Crippen molar-refractivity contribution in [2.24, 2.45) is 0 Å². The Morgan fingerprint density at radius 1 is 0.450 bits per heavy atom. The Morgan fingerprint density at radius 3 is 0.975 bits per heavy atom. The summed E-state index contributed by atoms with van der Waals surface area (Å²) in [5, 5.41) is 28.9. The van der Waals surface area contributed by atoms with E-state index in [0.717, 1.165) is 47.9 Å². The van der Waals surface area contributed by atoms with Gasteiger partial charge in [0.1, 0.15) is 0 Å². The first-order valence-corrected chi connectivity index (χ1v) is 13.4. The van der Waals surface area contributed by atoms with E-state index in [9.17, 15) is 10.4 Å². The molecular formula is C34H32N2O4. The Balaban J connectivity index is 1.36. The van der Waals surface area contributed by atoms with Gasteiger partial charge in [0.15, 0.2) is 0 Å². The summed E-state index contributed by atoms with van der Waals surface area (Å²) in [5.74, 6) is 0. The molecule has 0 aliphatic carbocycles. The Hall–Kier alpha value is -4.62. The van der Waals surface area contributed by atoms with Crippen LogP contribution in [0.5, 0.6) is 0 Å². The summed E-state index contributed by atoms with van der Waals surface area (Å²) in [5.41, 5.74) is 0.831. The van der Waals surface area contributed by atoms with Gasteiger partial charge in [0.05, 0.1) is 0 Å². The summed E-state index contributed by atoms with van der Waals surface area (Å²) in [6.45, 7) is 0.837. The van der Waals surface area contributed by atoms with Crippen LogP contribution in [0.25, 0.3) is 10.0 Å². The van der Waals surface area contributed by atoms with Crippen LogP contribution in [0.15, 0.2) is 121 Å². The maximum atomic E-state index is 11.4. The van der Waals surface area contributed by atoms with Gasteiger partial charge in [-0.25, -0.2) is 0 Å². The molecule has 0 aromatic heterocycles. The monoisotopic (exact) mass is 532 g/mol. The van der Waals surface area contributed by atoms with Gasteiger partial charge < -0.3 is 19.9 Å². The molecule has 0 saturated heterocycles. The van der Waals surface area contributed by atoms with Crippen LogP contribution in [-0.4, -0.2) is 13.2 Å². The Bertz CT molecular complexity index is 1230. The summed E-state index contributed by atoms with van der Waals surface area (Å²) in [6.07, 6.45) is 3.33. The molecule has 4 rings (SSSR count). The maximum Gasteiger partial charge on any atom is 0.344 e. The fraction of sp³-hybridized carbons (Fsp3) is 0.235. The van der Waals surface area contributed by atoms with E-state index < -0.39 is 11.2 Å². The highest BCUT2D eigenvalue weighted by atomic mass is 16.5. The Kier molecular flexibility index (Phi) is 10.3. The SMILES string of the molecule is [O-][N+]#CC(OCCCCCCOC(C#[N+][O-])(c1ccccc1)c1ccccc1)(c1ccccc1)c1ccccc1. The van der Waals surface area contributed by atoms with Gasteiger partial charge in [-0.2, -0.15) is 0 Å². The molecule has 0 heterocycles. The van der Waals surface area contributed by atoms with E-state index in [1.165, 1.54) is 0 Å². The van der Waals surface area contributed by atoms with Crippen molar-refractivity contribution in [2.75, 3.05) is 13.2 Å². The first-order chi connectivity index (χ1) is 19.7.